The van der Waals surface area contributed by atoms with Gasteiger partial charge in [0.1, 0.15) is 0 Å². The molecular weight excluding hydrogens is 346 g/mol. The van der Waals surface area contributed by atoms with Crippen molar-refractivity contribution in [2.75, 3.05) is 27.9 Å². The van der Waals surface area contributed by atoms with Crippen LogP contribution in [-0.2, 0) is 24.1 Å². The van der Waals surface area contributed by atoms with E-state index in [4.69, 9.17) is 14.2 Å². The molecule has 2 aromatic carbocycles. The zero-order valence-corrected chi connectivity index (χ0v) is 15.7. The number of methoxy groups -OCH3 is 3. The minimum Gasteiger partial charge on any atom is -0.504 e. The van der Waals surface area contributed by atoms with E-state index in [2.05, 4.69) is 0 Å². The minimum atomic E-state index is -0.114. The van der Waals surface area contributed by atoms with Crippen molar-refractivity contribution in [3.05, 3.63) is 46.5 Å². The van der Waals surface area contributed by atoms with Crippen LogP contribution in [0.2, 0.25) is 0 Å². The number of hydrogen-bond acceptors (Lipinski definition) is 5. The molecule has 4 rings (SSSR count). The Kier molecular flexibility index (Phi) is 4.34. The Labute approximate surface area is 158 Å². The molecule has 0 spiro atoms. The highest BCUT2D eigenvalue weighted by molar-refractivity contribution is 5.82. The van der Waals surface area contributed by atoms with Crippen molar-refractivity contribution in [3.63, 3.8) is 0 Å². The van der Waals surface area contributed by atoms with E-state index in [1.165, 1.54) is 0 Å². The first-order chi connectivity index (χ1) is 13.1. The summed E-state index contributed by atoms with van der Waals surface area (Å²) in [5.74, 6) is 1.88. The van der Waals surface area contributed by atoms with E-state index in [0.29, 0.717) is 30.2 Å². The number of phenols is 1. The normalized spacial score (nSPS) is 18.1. The summed E-state index contributed by atoms with van der Waals surface area (Å²) in [7, 11) is 4.74. The van der Waals surface area contributed by atoms with Crippen molar-refractivity contribution in [3.8, 4) is 23.0 Å². The lowest BCUT2D eigenvalue weighted by Crippen LogP contribution is -2.40. The molecule has 1 unspecified atom stereocenters. The first kappa shape index (κ1) is 17.5. The van der Waals surface area contributed by atoms with Crippen LogP contribution in [0, 0.1) is 0 Å². The van der Waals surface area contributed by atoms with Crippen LogP contribution < -0.4 is 14.2 Å². The Bertz CT molecular complexity index is 908. The summed E-state index contributed by atoms with van der Waals surface area (Å²) in [5.41, 5.74) is 4.05. The van der Waals surface area contributed by atoms with Crippen LogP contribution in [0.4, 0.5) is 0 Å². The number of benzene rings is 2. The maximum Gasteiger partial charge on any atom is 0.227 e. The van der Waals surface area contributed by atoms with Gasteiger partial charge in [0.05, 0.1) is 33.8 Å². The molecule has 0 saturated heterocycles. The number of carbonyl (C=O) groups excluding carboxylic acids is 1. The smallest absolute Gasteiger partial charge is 0.227 e. The van der Waals surface area contributed by atoms with Crippen molar-refractivity contribution in [2.24, 2.45) is 0 Å². The van der Waals surface area contributed by atoms with Crippen molar-refractivity contribution >= 4 is 5.91 Å². The summed E-state index contributed by atoms with van der Waals surface area (Å²) < 4.78 is 16.2. The Morgan fingerprint density at radius 2 is 1.81 bits per heavy atom. The lowest BCUT2D eigenvalue weighted by Gasteiger charge is -2.36. The zero-order chi connectivity index (χ0) is 19.1. The number of carbonyl (C=O) groups is 1. The van der Waals surface area contributed by atoms with Crippen molar-refractivity contribution < 1.29 is 24.1 Å². The third-order valence-electron chi connectivity index (χ3n) is 5.61. The lowest BCUT2D eigenvalue weighted by molar-refractivity contribution is -0.133. The number of phenolic OH excluding ortho intramolecular Hbond substituents is 1. The van der Waals surface area contributed by atoms with E-state index in [9.17, 15) is 9.90 Å². The van der Waals surface area contributed by atoms with Gasteiger partial charge in [0.25, 0.3) is 0 Å². The van der Waals surface area contributed by atoms with Crippen molar-refractivity contribution in [2.45, 2.75) is 25.3 Å². The van der Waals surface area contributed by atoms with E-state index >= 15 is 0 Å². The molecule has 6 heteroatoms. The van der Waals surface area contributed by atoms with E-state index in [1.54, 1.807) is 27.4 Å². The number of rotatable bonds is 3. The fourth-order valence-electron chi connectivity index (χ4n) is 4.28. The van der Waals surface area contributed by atoms with E-state index < -0.39 is 0 Å². The van der Waals surface area contributed by atoms with Crippen LogP contribution >= 0.6 is 0 Å². The number of hydrogen-bond donors (Lipinski definition) is 1. The number of nitrogens with zero attached hydrogens (tertiary/aromatic N) is 1. The first-order valence-electron chi connectivity index (χ1n) is 8.99. The summed E-state index contributed by atoms with van der Waals surface area (Å²) in [6, 6.07) is 7.40. The molecule has 0 bridgehead atoms. The maximum atomic E-state index is 13.0. The van der Waals surface area contributed by atoms with Gasteiger partial charge in [-0.2, -0.15) is 0 Å². The second-order valence-corrected chi connectivity index (χ2v) is 6.90. The average molecular weight is 369 g/mol. The number of aromatic hydroxyl groups is 1. The third kappa shape index (κ3) is 2.76. The quantitative estimate of drug-likeness (QED) is 0.901. The molecule has 1 N–H and O–H groups in total. The van der Waals surface area contributed by atoms with Gasteiger partial charge in [-0.05, 0) is 47.7 Å². The molecule has 6 nitrogen and oxygen atoms in total. The molecular formula is C21H23NO5. The second-order valence-electron chi connectivity index (χ2n) is 6.90. The van der Waals surface area contributed by atoms with Gasteiger partial charge in [-0.15, -0.1) is 0 Å². The minimum absolute atomic E-state index is 0.0614. The van der Waals surface area contributed by atoms with Gasteiger partial charge >= 0.3 is 0 Å². The van der Waals surface area contributed by atoms with Gasteiger partial charge < -0.3 is 24.2 Å². The molecule has 142 valence electrons. The zero-order valence-electron chi connectivity index (χ0n) is 15.7. The van der Waals surface area contributed by atoms with Crippen LogP contribution in [0.5, 0.6) is 23.0 Å². The van der Waals surface area contributed by atoms with E-state index in [-0.39, 0.29) is 24.1 Å². The van der Waals surface area contributed by atoms with Crippen molar-refractivity contribution in [1.82, 2.24) is 4.90 Å². The highest BCUT2D eigenvalue weighted by Crippen LogP contribution is 2.43. The summed E-state index contributed by atoms with van der Waals surface area (Å²) in [4.78, 5) is 15.0. The predicted molar refractivity (Wildman–Crippen MR) is 99.8 cm³/mol. The Hall–Kier alpha value is -2.89. The monoisotopic (exact) mass is 369 g/mol. The Balaban J connectivity index is 1.83. The molecule has 0 saturated carbocycles. The Morgan fingerprint density at radius 3 is 2.52 bits per heavy atom. The number of amides is 1. The number of ether oxygens (including phenoxy) is 3. The fourth-order valence-corrected chi connectivity index (χ4v) is 4.28. The van der Waals surface area contributed by atoms with Gasteiger partial charge in [0.15, 0.2) is 23.0 Å². The molecule has 1 amide bonds. The van der Waals surface area contributed by atoms with Crippen LogP contribution in [0.25, 0.3) is 0 Å². The van der Waals surface area contributed by atoms with Gasteiger partial charge in [-0.3, -0.25) is 4.79 Å². The molecule has 0 fully saturated rings. The fraction of sp³-hybridized carbons (Fsp3) is 0.381. The van der Waals surface area contributed by atoms with Crippen LogP contribution in [-0.4, -0.2) is 43.8 Å². The van der Waals surface area contributed by atoms with Crippen LogP contribution in [0.15, 0.2) is 24.3 Å². The summed E-state index contributed by atoms with van der Waals surface area (Å²) in [6.45, 7) is 0.651. The molecule has 1 atom stereocenters. The number of fused-ring (bicyclic) bond motifs is 4. The van der Waals surface area contributed by atoms with E-state index in [1.807, 2.05) is 23.1 Å². The lowest BCUT2D eigenvalue weighted by atomic mass is 9.88. The van der Waals surface area contributed by atoms with Gasteiger partial charge in [-0.1, -0.05) is 6.07 Å². The maximum absolute atomic E-state index is 13.0. The largest absolute Gasteiger partial charge is 0.504 e. The molecule has 2 aromatic rings. The van der Waals surface area contributed by atoms with Crippen LogP contribution in [0.1, 0.15) is 28.3 Å². The standard InChI is InChI=1S/C21H23NO5/c1-25-18-5-4-12-8-16-14-10-17(23)19(26-2)9-13(14)6-7-22(16)20(24)11-15(12)21(18)27-3/h4-5,9-10,16,23H,6-8,11H2,1-3H3. The summed E-state index contributed by atoms with van der Waals surface area (Å²) in [5, 5.41) is 10.3. The average Bonchev–Trinajstić information content (AvgIpc) is 2.82. The second kappa shape index (κ2) is 6.68. The van der Waals surface area contributed by atoms with Crippen LogP contribution in [0.3, 0.4) is 0 Å². The first-order valence-corrected chi connectivity index (χ1v) is 8.99. The van der Waals surface area contributed by atoms with E-state index in [0.717, 1.165) is 28.7 Å². The molecule has 0 radical (unpaired) electrons. The van der Waals surface area contributed by atoms with Gasteiger partial charge in [0.2, 0.25) is 5.91 Å². The molecule has 0 aliphatic carbocycles. The molecule has 27 heavy (non-hydrogen) atoms. The molecule has 2 aliphatic heterocycles. The topological polar surface area (TPSA) is 68.2 Å². The SMILES string of the molecule is COc1cc2c(cc1O)C1Cc3ccc(OC)c(OC)c3CC(=O)N1CC2. The summed E-state index contributed by atoms with van der Waals surface area (Å²) in [6.07, 6.45) is 1.69. The van der Waals surface area contributed by atoms with Crippen molar-refractivity contribution in [1.29, 1.82) is 0 Å². The highest BCUT2D eigenvalue weighted by atomic mass is 16.5. The molecule has 2 aliphatic rings. The third-order valence-corrected chi connectivity index (χ3v) is 5.61. The van der Waals surface area contributed by atoms with Gasteiger partial charge in [-0.25, -0.2) is 0 Å². The molecule has 2 heterocycles. The molecule has 0 aromatic heterocycles. The summed E-state index contributed by atoms with van der Waals surface area (Å²) >= 11 is 0. The predicted octanol–water partition coefficient (Wildman–Crippen LogP) is 2.64. The Morgan fingerprint density at radius 1 is 1.04 bits per heavy atom. The van der Waals surface area contributed by atoms with Gasteiger partial charge in [0, 0.05) is 12.1 Å². The highest BCUT2D eigenvalue weighted by Gasteiger charge is 2.36.